The van der Waals surface area contributed by atoms with Gasteiger partial charge in [-0.15, -0.1) is 0 Å². The van der Waals surface area contributed by atoms with E-state index in [0.29, 0.717) is 21.8 Å². The van der Waals surface area contributed by atoms with Crippen molar-refractivity contribution in [2.75, 3.05) is 39.9 Å². The number of ether oxygens (including phenoxy) is 1. The Balaban J connectivity index is 1.45. The number of carbonyl (C=O) groups is 2. The Labute approximate surface area is 208 Å². The minimum atomic E-state index is -0.677. The molecule has 0 saturated carbocycles. The normalized spacial score (nSPS) is 20.6. The first kappa shape index (κ1) is 23.3. The Morgan fingerprint density at radius 1 is 1.15 bits per heavy atom. The highest BCUT2D eigenvalue weighted by Crippen LogP contribution is 2.36. The van der Waals surface area contributed by atoms with Crippen LogP contribution in [0, 0.1) is 13.8 Å². The molecule has 5 rings (SSSR count). The Hall–Kier alpha value is -2.46. The van der Waals surface area contributed by atoms with Crippen LogP contribution in [0.25, 0.3) is 0 Å². The number of morpholine rings is 1. The molecule has 0 aliphatic carbocycles. The minimum Gasteiger partial charge on any atom is -0.379 e. The monoisotopic (exact) mass is 505 g/mol. The van der Waals surface area contributed by atoms with Crippen LogP contribution in [-0.4, -0.2) is 76.9 Å². The van der Waals surface area contributed by atoms with Gasteiger partial charge < -0.3 is 4.74 Å². The maximum Gasteiger partial charge on any atom is 0.402 e. The number of likely N-dealkylation sites (N-methyl/N-ethyl adjacent to an activating group) is 1. The molecule has 1 unspecified atom stereocenters. The quantitative estimate of drug-likeness (QED) is 0.585. The second-order valence-electron chi connectivity index (χ2n) is 8.83. The minimum absolute atomic E-state index is 0.105. The van der Waals surface area contributed by atoms with Crippen molar-refractivity contribution in [3.63, 3.8) is 0 Å². The molecule has 34 heavy (non-hydrogen) atoms. The van der Waals surface area contributed by atoms with Gasteiger partial charge in [0.25, 0.3) is 5.91 Å². The fraction of sp³-hybridized carbons (Fsp3) is 0.478. The standard InChI is InChI=1S/C23H27Cl2N6O3/c1-14-15(2)31-19-20(26-22(31)29(14)7-6-28-8-10-34-11-9-28)27(3)23(33)30(21(19)32)13-16-4-5-17(24)18(25)12-16/h4-5,12,19H,6-11,13H2,1-3H3/q+1. The van der Waals surface area contributed by atoms with Gasteiger partial charge in [-0.25, -0.2) is 13.9 Å². The average molecular weight is 506 g/mol. The van der Waals surface area contributed by atoms with Gasteiger partial charge in [-0.1, -0.05) is 34.3 Å². The smallest absolute Gasteiger partial charge is 0.379 e. The molecular formula is C23H27Cl2N6O3+. The van der Waals surface area contributed by atoms with Crippen LogP contribution in [0.2, 0.25) is 10.0 Å². The van der Waals surface area contributed by atoms with Crippen molar-refractivity contribution in [1.29, 1.82) is 0 Å². The molecule has 2 saturated heterocycles. The van der Waals surface area contributed by atoms with E-state index in [9.17, 15) is 9.59 Å². The molecule has 11 heteroatoms. The number of nitrogens with zero attached hydrogens (tertiary/aromatic N) is 6. The van der Waals surface area contributed by atoms with E-state index in [2.05, 4.69) is 9.47 Å². The molecule has 1 atom stereocenters. The molecule has 2 aromatic rings. The van der Waals surface area contributed by atoms with Gasteiger partial charge in [-0.3, -0.25) is 19.5 Å². The summed E-state index contributed by atoms with van der Waals surface area (Å²) in [4.78, 5) is 36.7. The number of imidazole rings is 1. The van der Waals surface area contributed by atoms with Crippen molar-refractivity contribution in [2.24, 2.45) is 4.99 Å². The third kappa shape index (κ3) is 3.80. The Bertz CT molecular complexity index is 1200. The number of amides is 3. The number of carbonyl (C=O) groups excluding carboxylic acids is 2. The lowest BCUT2D eigenvalue weighted by molar-refractivity contribution is -0.688. The van der Waals surface area contributed by atoms with E-state index < -0.39 is 12.1 Å². The molecule has 0 radical (unpaired) electrons. The molecule has 0 N–H and O–H groups in total. The predicted molar refractivity (Wildman–Crippen MR) is 128 cm³/mol. The fourth-order valence-corrected chi connectivity index (χ4v) is 5.12. The van der Waals surface area contributed by atoms with Crippen molar-refractivity contribution >= 4 is 46.9 Å². The van der Waals surface area contributed by atoms with Crippen molar-refractivity contribution in [2.45, 2.75) is 33.0 Å². The Kier molecular flexibility index (Phi) is 6.14. The number of fused-ring (bicyclic) bond motifs is 3. The van der Waals surface area contributed by atoms with Gasteiger partial charge in [0.1, 0.15) is 11.4 Å². The number of amidine groups is 1. The summed E-state index contributed by atoms with van der Waals surface area (Å²) in [5.74, 6) is 0.858. The average Bonchev–Trinajstić information content (AvgIpc) is 3.33. The first-order valence-electron chi connectivity index (χ1n) is 11.3. The van der Waals surface area contributed by atoms with Crippen LogP contribution in [0.5, 0.6) is 0 Å². The first-order chi connectivity index (χ1) is 16.3. The number of imide groups is 1. The summed E-state index contributed by atoms with van der Waals surface area (Å²) in [5.41, 5.74) is 2.75. The highest BCUT2D eigenvalue weighted by Gasteiger charge is 2.54. The van der Waals surface area contributed by atoms with Crippen LogP contribution in [0.3, 0.4) is 0 Å². The van der Waals surface area contributed by atoms with E-state index in [4.69, 9.17) is 32.9 Å². The number of halogens is 2. The zero-order valence-corrected chi connectivity index (χ0v) is 20.9. The second kappa shape index (κ2) is 8.96. The van der Waals surface area contributed by atoms with E-state index in [-0.39, 0.29) is 12.5 Å². The molecule has 4 heterocycles. The van der Waals surface area contributed by atoms with Crippen molar-refractivity contribution in [1.82, 2.24) is 19.3 Å². The number of hydrogen-bond acceptors (Lipinski definition) is 5. The molecule has 1 aromatic heterocycles. The summed E-state index contributed by atoms with van der Waals surface area (Å²) in [6.07, 6.45) is 0. The molecule has 3 aliphatic rings. The topological polar surface area (TPSA) is 74.3 Å². The lowest BCUT2D eigenvalue weighted by atomic mass is 10.1. The molecule has 0 bridgehead atoms. The Morgan fingerprint density at radius 2 is 1.88 bits per heavy atom. The maximum absolute atomic E-state index is 13.6. The molecule has 0 spiro atoms. The number of rotatable bonds is 5. The first-order valence-corrected chi connectivity index (χ1v) is 12.1. The fourth-order valence-electron chi connectivity index (χ4n) is 4.80. The summed E-state index contributed by atoms with van der Waals surface area (Å²) in [5, 5.41) is 0.807. The lowest BCUT2D eigenvalue weighted by Gasteiger charge is -2.33. The van der Waals surface area contributed by atoms with E-state index >= 15 is 0 Å². The summed E-state index contributed by atoms with van der Waals surface area (Å²) in [6.45, 7) is 9.07. The zero-order chi connectivity index (χ0) is 24.1. The largest absolute Gasteiger partial charge is 0.402 e. The third-order valence-corrected chi connectivity index (χ3v) is 7.63. The molecule has 2 fully saturated rings. The number of hydrogen-bond donors (Lipinski definition) is 0. The van der Waals surface area contributed by atoms with E-state index in [0.717, 1.165) is 56.3 Å². The molecular weight excluding hydrogens is 479 g/mol. The van der Waals surface area contributed by atoms with E-state index in [1.807, 2.05) is 18.4 Å². The van der Waals surface area contributed by atoms with E-state index in [1.165, 1.54) is 9.80 Å². The van der Waals surface area contributed by atoms with Crippen LogP contribution in [-0.2, 0) is 22.6 Å². The highest BCUT2D eigenvalue weighted by atomic mass is 35.5. The SMILES string of the molecule is Cc1c(C)[n+](CCN2CCOCC2)c2n1C1C(=O)N(Cc3ccc(Cl)c(Cl)c3)C(=O)N(C)C1=N2. The van der Waals surface area contributed by atoms with Gasteiger partial charge in [0.2, 0.25) is 11.9 Å². The second-order valence-corrected chi connectivity index (χ2v) is 9.65. The maximum atomic E-state index is 13.6. The molecule has 9 nitrogen and oxygen atoms in total. The van der Waals surface area contributed by atoms with Crippen LogP contribution in [0.4, 0.5) is 10.7 Å². The Morgan fingerprint density at radius 3 is 2.59 bits per heavy atom. The third-order valence-electron chi connectivity index (χ3n) is 6.89. The predicted octanol–water partition coefficient (Wildman–Crippen LogP) is 2.71. The summed E-state index contributed by atoms with van der Waals surface area (Å²) < 4.78 is 9.55. The molecule has 3 aliphatic heterocycles. The number of aromatic nitrogens is 2. The van der Waals surface area contributed by atoms with Gasteiger partial charge in [0.15, 0.2) is 0 Å². The lowest BCUT2D eigenvalue weighted by Crippen LogP contribution is -2.57. The number of benzene rings is 1. The van der Waals surface area contributed by atoms with Crippen LogP contribution < -0.4 is 4.57 Å². The van der Waals surface area contributed by atoms with Crippen molar-refractivity contribution in [3.05, 3.63) is 45.2 Å². The van der Waals surface area contributed by atoms with E-state index in [1.54, 1.807) is 25.2 Å². The molecule has 180 valence electrons. The van der Waals surface area contributed by atoms with Crippen LogP contribution >= 0.6 is 23.2 Å². The van der Waals surface area contributed by atoms with Gasteiger partial charge in [-0.2, -0.15) is 0 Å². The highest BCUT2D eigenvalue weighted by molar-refractivity contribution is 6.42. The molecule has 3 amide bonds. The summed E-state index contributed by atoms with van der Waals surface area (Å²) in [6, 6.07) is 4.02. The number of aliphatic imine (C=N–C) groups is 1. The van der Waals surface area contributed by atoms with Crippen molar-refractivity contribution in [3.8, 4) is 0 Å². The van der Waals surface area contributed by atoms with Crippen molar-refractivity contribution < 1.29 is 18.9 Å². The molecule has 1 aromatic carbocycles. The van der Waals surface area contributed by atoms with Gasteiger partial charge in [0.05, 0.1) is 36.3 Å². The van der Waals surface area contributed by atoms with Gasteiger partial charge in [0, 0.05) is 26.7 Å². The zero-order valence-electron chi connectivity index (χ0n) is 19.4. The van der Waals surface area contributed by atoms with Crippen LogP contribution in [0.15, 0.2) is 23.2 Å². The number of urea groups is 1. The summed E-state index contributed by atoms with van der Waals surface area (Å²) in [7, 11) is 1.66. The van der Waals surface area contributed by atoms with Gasteiger partial charge in [-0.05, 0) is 31.5 Å². The summed E-state index contributed by atoms with van der Waals surface area (Å²) >= 11 is 12.2. The van der Waals surface area contributed by atoms with Gasteiger partial charge >= 0.3 is 12.0 Å². The van der Waals surface area contributed by atoms with Crippen LogP contribution in [0.1, 0.15) is 23.0 Å².